The van der Waals surface area contributed by atoms with E-state index in [4.69, 9.17) is 5.73 Å². The molecule has 0 atom stereocenters. The van der Waals surface area contributed by atoms with E-state index < -0.39 is 0 Å². The van der Waals surface area contributed by atoms with E-state index in [1.165, 1.54) is 12.5 Å². The summed E-state index contributed by atoms with van der Waals surface area (Å²) < 4.78 is 0. The zero-order chi connectivity index (χ0) is 14.1. The first-order valence-corrected chi connectivity index (χ1v) is 6.02. The Morgan fingerprint density at radius 2 is 1.89 bits per heavy atom. The van der Waals surface area contributed by atoms with Gasteiger partial charge in [-0.2, -0.15) is 5.10 Å². The summed E-state index contributed by atoms with van der Waals surface area (Å²) in [5.74, 6) is 1.25. The first-order valence-electron chi connectivity index (χ1n) is 6.02. The quantitative estimate of drug-likeness (QED) is 0.745. The number of hydrogen-bond acceptors (Lipinski definition) is 4. The summed E-state index contributed by atoms with van der Waals surface area (Å²) in [6.07, 6.45) is 1.81. The SMILES string of the molecule is CC(N)=O.NCc1nc(CCc2ccccc2)n[nH]1. The summed E-state index contributed by atoms with van der Waals surface area (Å²) in [7, 11) is 0. The van der Waals surface area contributed by atoms with Crippen LogP contribution in [0.5, 0.6) is 0 Å². The summed E-state index contributed by atoms with van der Waals surface area (Å²) in [6, 6.07) is 10.3. The Balaban J connectivity index is 0.000000399. The number of aromatic nitrogens is 3. The molecule has 2 aromatic rings. The van der Waals surface area contributed by atoms with E-state index in [1.807, 2.05) is 18.2 Å². The van der Waals surface area contributed by atoms with Gasteiger partial charge in [-0.05, 0) is 12.0 Å². The van der Waals surface area contributed by atoms with E-state index in [0.717, 1.165) is 24.5 Å². The number of nitrogens with zero attached hydrogens (tertiary/aromatic N) is 2. The number of amides is 1. The fraction of sp³-hybridized carbons (Fsp3) is 0.308. The van der Waals surface area contributed by atoms with Gasteiger partial charge in [0.25, 0.3) is 0 Å². The second-order valence-corrected chi connectivity index (χ2v) is 4.00. The summed E-state index contributed by atoms with van der Waals surface area (Å²) in [4.78, 5) is 13.5. The zero-order valence-corrected chi connectivity index (χ0v) is 11.0. The molecule has 5 N–H and O–H groups in total. The number of benzene rings is 1. The molecule has 19 heavy (non-hydrogen) atoms. The Labute approximate surface area is 112 Å². The lowest BCUT2D eigenvalue weighted by Gasteiger charge is -1.96. The fourth-order valence-electron chi connectivity index (χ4n) is 1.44. The van der Waals surface area contributed by atoms with E-state index in [2.05, 4.69) is 33.0 Å². The second-order valence-electron chi connectivity index (χ2n) is 4.00. The summed E-state index contributed by atoms with van der Waals surface area (Å²) in [6.45, 7) is 1.72. The van der Waals surface area contributed by atoms with Crippen LogP contribution in [-0.2, 0) is 24.2 Å². The molecular weight excluding hydrogens is 242 g/mol. The molecule has 1 heterocycles. The number of carbonyl (C=O) groups excluding carboxylic acids is 1. The molecule has 0 bridgehead atoms. The minimum atomic E-state index is -0.333. The molecule has 2 rings (SSSR count). The van der Waals surface area contributed by atoms with Crippen molar-refractivity contribution in [3.8, 4) is 0 Å². The number of primary amides is 1. The number of aromatic amines is 1. The molecule has 0 aliphatic rings. The second kappa shape index (κ2) is 7.99. The Morgan fingerprint density at radius 1 is 1.26 bits per heavy atom. The first-order chi connectivity index (χ1) is 9.11. The standard InChI is InChI=1S/C11H14N4.C2H5NO/c12-8-11-13-10(14-15-11)7-6-9-4-2-1-3-5-9;1-2(3)4/h1-5H,6-8,12H2,(H,13,14,15);1H3,(H2,3,4). The molecule has 1 aromatic heterocycles. The van der Waals surface area contributed by atoms with Crippen LogP contribution < -0.4 is 11.5 Å². The number of nitrogens with one attached hydrogen (secondary N) is 1. The van der Waals surface area contributed by atoms with E-state index in [9.17, 15) is 4.79 Å². The Hall–Kier alpha value is -2.21. The van der Waals surface area contributed by atoms with Crippen LogP contribution in [0, 0.1) is 0 Å². The van der Waals surface area contributed by atoms with Gasteiger partial charge < -0.3 is 11.5 Å². The first kappa shape index (κ1) is 14.8. The Morgan fingerprint density at radius 3 is 2.42 bits per heavy atom. The summed E-state index contributed by atoms with van der Waals surface area (Å²) in [5.41, 5.74) is 11.2. The molecule has 0 unspecified atom stereocenters. The molecule has 0 aliphatic carbocycles. The van der Waals surface area contributed by atoms with Crippen LogP contribution in [0.3, 0.4) is 0 Å². The van der Waals surface area contributed by atoms with Gasteiger partial charge in [-0.15, -0.1) is 0 Å². The normalized spacial score (nSPS) is 9.58. The molecule has 0 spiro atoms. The van der Waals surface area contributed by atoms with Crippen LogP contribution in [0.2, 0.25) is 0 Å². The number of hydrogen-bond donors (Lipinski definition) is 3. The molecule has 1 aromatic carbocycles. The van der Waals surface area contributed by atoms with Gasteiger partial charge in [0.1, 0.15) is 5.82 Å². The van der Waals surface area contributed by atoms with Gasteiger partial charge in [-0.3, -0.25) is 9.89 Å². The maximum atomic E-state index is 9.22. The van der Waals surface area contributed by atoms with Crippen molar-refractivity contribution in [3.63, 3.8) is 0 Å². The highest BCUT2D eigenvalue weighted by atomic mass is 16.1. The lowest BCUT2D eigenvalue weighted by atomic mass is 10.1. The van der Waals surface area contributed by atoms with Crippen molar-refractivity contribution in [1.82, 2.24) is 15.2 Å². The molecule has 0 saturated heterocycles. The lowest BCUT2D eigenvalue weighted by Crippen LogP contribution is -2.01. The van der Waals surface area contributed by atoms with E-state index >= 15 is 0 Å². The van der Waals surface area contributed by atoms with Gasteiger partial charge in [0.05, 0.1) is 6.54 Å². The Kier molecular flexibility index (Phi) is 6.25. The molecule has 6 heteroatoms. The predicted molar refractivity (Wildman–Crippen MR) is 73.0 cm³/mol. The number of H-pyrrole nitrogens is 1. The molecular formula is C13H19N5O. The third-order valence-electron chi connectivity index (χ3n) is 2.25. The number of rotatable bonds is 4. The third-order valence-corrected chi connectivity index (χ3v) is 2.25. The molecule has 0 radical (unpaired) electrons. The van der Waals surface area contributed by atoms with Crippen molar-refractivity contribution in [1.29, 1.82) is 0 Å². The van der Waals surface area contributed by atoms with Crippen LogP contribution in [0.4, 0.5) is 0 Å². The van der Waals surface area contributed by atoms with Gasteiger partial charge >= 0.3 is 0 Å². The highest BCUT2D eigenvalue weighted by Crippen LogP contribution is 2.03. The predicted octanol–water partition coefficient (Wildman–Crippen LogP) is 0.540. The smallest absolute Gasteiger partial charge is 0.214 e. The molecule has 6 nitrogen and oxygen atoms in total. The maximum Gasteiger partial charge on any atom is 0.214 e. The minimum absolute atomic E-state index is 0.333. The van der Waals surface area contributed by atoms with Crippen molar-refractivity contribution in [2.75, 3.05) is 0 Å². The van der Waals surface area contributed by atoms with Crippen molar-refractivity contribution < 1.29 is 4.79 Å². The largest absolute Gasteiger partial charge is 0.370 e. The van der Waals surface area contributed by atoms with Crippen LogP contribution in [-0.4, -0.2) is 21.1 Å². The molecule has 102 valence electrons. The van der Waals surface area contributed by atoms with Crippen molar-refractivity contribution in [2.45, 2.75) is 26.3 Å². The highest BCUT2D eigenvalue weighted by Gasteiger charge is 2.01. The van der Waals surface area contributed by atoms with Crippen molar-refractivity contribution in [3.05, 3.63) is 47.5 Å². The van der Waals surface area contributed by atoms with E-state index in [0.29, 0.717) is 6.54 Å². The number of aryl methyl sites for hydroxylation is 2. The fourth-order valence-corrected chi connectivity index (χ4v) is 1.44. The van der Waals surface area contributed by atoms with Gasteiger partial charge in [0, 0.05) is 13.3 Å². The topological polar surface area (TPSA) is 111 Å². The van der Waals surface area contributed by atoms with Gasteiger partial charge in [-0.1, -0.05) is 30.3 Å². The summed E-state index contributed by atoms with van der Waals surface area (Å²) >= 11 is 0. The average molecular weight is 261 g/mol. The van der Waals surface area contributed by atoms with Crippen LogP contribution in [0.15, 0.2) is 30.3 Å². The molecule has 0 saturated carbocycles. The van der Waals surface area contributed by atoms with Crippen LogP contribution >= 0.6 is 0 Å². The number of carbonyl (C=O) groups is 1. The Bertz CT molecular complexity index is 491. The zero-order valence-electron chi connectivity index (χ0n) is 11.0. The summed E-state index contributed by atoms with van der Waals surface area (Å²) in [5, 5.41) is 6.89. The van der Waals surface area contributed by atoms with Crippen LogP contribution in [0.25, 0.3) is 0 Å². The van der Waals surface area contributed by atoms with Crippen molar-refractivity contribution >= 4 is 5.91 Å². The van der Waals surface area contributed by atoms with Gasteiger partial charge in [0.2, 0.25) is 5.91 Å². The molecule has 1 amide bonds. The average Bonchev–Trinajstić information content (AvgIpc) is 2.85. The van der Waals surface area contributed by atoms with Gasteiger partial charge in [0.15, 0.2) is 5.82 Å². The van der Waals surface area contributed by atoms with Crippen LogP contribution in [0.1, 0.15) is 24.1 Å². The van der Waals surface area contributed by atoms with Crippen molar-refractivity contribution in [2.24, 2.45) is 11.5 Å². The molecule has 0 aliphatic heterocycles. The number of nitrogens with two attached hydrogens (primary N) is 2. The van der Waals surface area contributed by atoms with E-state index in [1.54, 1.807) is 0 Å². The minimum Gasteiger partial charge on any atom is -0.370 e. The third kappa shape index (κ3) is 6.32. The van der Waals surface area contributed by atoms with E-state index in [-0.39, 0.29) is 5.91 Å². The maximum absolute atomic E-state index is 9.22. The highest BCUT2D eigenvalue weighted by molar-refractivity contribution is 5.70. The lowest BCUT2D eigenvalue weighted by molar-refractivity contribution is -0.115. The van der Waals surface area contributed by atoms with Gasteiger partial charge in [-0.25, -0.2) is 4.98 Å². The monoisotopic (exact) mass is 261 g/mol. The molecule has 0 fully saturated rings.